The van der Waals surface area contributed by atoms with Crippen LogP contribution in [0.3, 0.4) is 0 Å². The molecule has 6 nitrogen and oxygen atoms in total. The Morgan fingerprint density at radius 1 is 1.44 bits per heavy atom. The van der Waals surface area contributed by atoms with Crippen LogP contribution in [-0.2, 0) is 6.42 Å². The molecule has 0 bridgehead atoms. The third kappa shape index (κ3) is 3.07. The number of nitrogens with zero attached hydrogens (tertiary/aromatic N) is 2. The van der Waals surface area contributed by atoms with Crippen LogP contribution in [0.5, 0.6) is 0 Å². The van der Waals surface area contributed by atoms with Crippen molar-refractivity contribution in [1.82, 2.24) is 15.5 Å². The van der Waals surface area contributed by atoms with Gasteiger partial charge in [0.15, 0.2) is 6.33 Å². The Bertz CT molecular complexity index is 517. The highest BCUT2D eigenvalue weighted by Crippen LogP contribution is 2.10. The number of benzene rings is 1. The molecule has 0 saturated carbocycles. The Morgan fingerprint density at radius 3 is 2.94 bits per heavy atom. The van der Waals surface area contributed by atoms with Gasteiger partial charge in [-0.25, -0.2) is 0 Å². The van der Waals surface area contributed by atoms with Crippen molar-refractivity contribution in [3.63, 3.8) is 0 Å². The monoisotopic (exact) mass is 246 g/mol. The fraction of sp³-hybridized carbons (Fsp3) is 0.250. The molecule has 0 unspecified atom stereocenters. The highest BCUT2D eigenvalue weighted by Gasteiger charge is 2.07. The highest BCUT2D eigenvalue weighted by molar-refractivity contribution is 5.95. The molecule has 2 rings (SSSR count). The van der Waals surface area contributed by atoms with Gasteiger partial charge >= 0.3 is 0 Å². The summed E-state index contributed by atoms with van der Waals surface area (Å²) in [6, 6.07) is 5.25. The van der Waals surface area contributed by atoms with E-state index in [1.54, 1.807) is 12.1 Å². The topological polar surface area (TPSA) is 94.0 Å². The number of aryl methyl sites for hydroxylation is 1. The van der Waals surface area contributed by atoms with Crippen LogP contribution in [0.4, 0.5) is 5.69 Å². The minimum absolute atomic E-state index is 0.162. The smallest absolute Gasteiger partial charge is 0.251 e. The van der Waals surface area contributed by atoms with Gasteiger partial charge in [0, 0.05) is 24.2 Å². The summed E-state index contributed by atoms with van der Waals surface area (Å²) in [5.41, 5.74) is 7.78. The van der Waals surface area contributed by atoms with Crippen LogP contribution in [0, 0.1) is 6.92 Å². The van der Waals surface area contributed by atoms with Crippen LogP contribution in [-0.4, -0.2) is 22.6 Å². The summed E-state index contributed by atoms with van der Waals surface area (Å²) in [5, 5.41) is 6.26. The van der Waals surface area contributed by atoms with E-state index in [4.69, 9.17) is 10.3 Å². The lowest BCUT2D eigenvalue weighted by molar-refractivity contribution is 0.0953. The quantitative estimate of drug-likeness (QED) is 0.783. The molecule has 0 radical (unpaired) electrons. The number of nitrogens with two attached hydrogens (primary N) is 1. The lowest BCUT2D eigenvalue weighted by Gasteiger charge is -2.05. The molecule has 0 spiro atoms. The first-order chi connectivity index (χ1) is 8.65. The van der Waals surface area contributed by atoms with E-state index in [1.807, 2.05) is 13.0 Å². The summed E-state index contributed by atoms with van der Waals surface area (Å²) < 4.78 is 4.83. The van der Waals surface area contributed by atoms with E-state index in [2.05, 4.69) is 15.5 Å². The molecule has 18 heavy (non-hydrogen) atoms. The number of rotatable bonds is 4. The zero-order valence-electron chi connectivity index (χ0n) is 10.0. The molecule has 3 N–H and O–H groups in total. The lowest BCUT2D eigenvalue weighted by Crippen LogP contribution is -2.25. The van der Waals surface area contributed by atoms with Crippen LogP contribution in [0.2, 0.25) is 0 Å². The van der Waals surface area contributed by atoms with Crippen LogP contribution in [0.15, 0.2) is 29.0 Å². The van der Waals surface area contributed by atoms with Crippen molar-refractivity contribution < 1.29 is 9.32 Å². The van der Waals surface area contributed by atoms with Crippen molar-refractivity contribution in [2.45, 2.75) is 13.3 Å². The molecule has 94 valence electrons. The van der Waals surface area contributed by atoms with Crippen molar-refractivity contribution in [2.75, 3.05) is 12.3 Å². The fourth-order valence-electron chi connectivity index (χ4n) is 1.63. The standard InChI is InChI=1S/C12H14N4O2/c1-8-4-9(6-10(13)5-8)12(17)14-3-2-11-15-7-16-18-11/h4-7H,2-3,13H2,1H3,(H,14,17). The van der Waals surface area contributed by atoms with Crippen molar-refractivity contribution in [1.29, 1.82) is 0 Å². The number of nitrogens with one attached hydrogen (secondary N) is 1. The number of carbonyl (C=O) groups is 1. The summed E-state index contributed by atoms with van der Waals surface area (Å²) in [4.78, 5) is 15.7. The average Bonchev–Trinajstić information content (AvgIpc) is 2.80. The largest absolute Gasteiger partial charge is 0.399 e. The number of hydrogen-bond donors (Lipinski definition) is 2. The van der Waals surface area contributed by atoms with Crippen molar-refractivity contribution in [3.05, 3.63) is 41.5 Å². The maximum Gasteiger partial charge on any atom is 0.251 e. The van der Waals surface area contributed by atoms with Crippen molar-refractivity contribution >= 4 is 11.6 Å². The highest BCUT2D eigenvalue weighted by atomic mass is 16.5. The second-order valence-electron chi connectivity index (χ2n) is 3.97. The summed E-state index contributed by atoms with van der Waals surface area (Å²) >= 11 is 0. The first-order valence-corrected chi connectivity index (χ1v) is 5.56. The SMILES string of the molecule is Cc1cc(N)cc(C(=O)NCCc2ncno2)c1. The van der Waals surface area contributed by atoms with Gasteiger partial charge < -0.3 is 15.6 Å². The summed E-state index contributed by atoms with van der Waals surface area (Å²) in [6.45, 7) is 2.33. The van der Waals surface area contributed by atoms with Crippen molar-refractivity contribution in [2.24, 2.45) is 0 Å². The van der Waals surface area contributed by atoms with Gasteiger partial charge in [0.1, 0.15) is 0 Å². The van der Waals surface area contributed by atoms with Gasteiger partial charge in [0.05, 0.1) is 0 Å². The number of amides is 1. The van der Waals surface area contributed by atoms with Gasteiger partial charge in [-0.05, 0) is 30.7 Å². The van der Waals surface area contributed by atoms with Gasteiger partial charge in [0.25, 0.3) is 5.91 Å². The van der Waals surface area contributed by atoms with Gasteiger partial charge in [-0.2, -0.15) is 4.98 Å². The molecule has 0 aliphatic heterocycles. The van der Waals surface area contributed by atoms with E-state index in [1.165, 1.54) is 6.33 Å². The molecule has 0 saturated heterocycles. The number of anilines is 1. The number of aromatic nitrogens is 2. The van der Waals surface area contributed by atoms with E-state index in [9.17, 15) is 4.79 Å². The Hall–Kier alpha value is -2.37. The number of carbonyl (C=O) groups excluding carboxylic acids is 1. The van der Waals surface area contributed by atoms with E-state index < -0.39 is 0 Å². The van der Waals surface area contributed by atoms with Gasteiger partial charge in [-0.3, -0.25) is 4.79 Å². The minimum Gasteiger partial charge on any atom is -0.399 e. The number of hydrogen-bond acceptors (Lipinski definition) is 5. The average molecular weight is 246 g/mol. The van der Waals surface area contributed by atoms with E-state index in [-0.39, 0.29) is 5.91 Å². The number of nitrogen functional groups attached to an aromatic ring is 1. The maximum atomic E-state index is 11.8. The fourth-order valence-corrected chi connectivity index (χ4v) is 1.63. The van der Waals surface area contributed by atoms with Gasteiger partial charge in [0.2, 0.25) is 5.89 Å². The zero-order valence-corrected chi connectivity index (χ0v) is 10.0. The summed E-state index contributed by atoms with van der Waals surface area (Å²) in [5.74, 6) is 0.337. The van der Waals surface area contributed by atoms with E-state index >= 15 is 0 Å². The first kappa shape index (κ1) is 12.1. The molecule has 2 aromatic rings. The predicted octanol–water partition coefficient (Wildman–Crippen LogP) is 0.933. The predicted molar refractivity (Wildman–Crippen MR) is 65.9 cm³/mol. The molecule has 0 aliphatic carbocycles. The molecule has 1 aromatic carbocycles. The molecule has 1 amide bonds. The van der Waals surface area contributed by atoms with Gasteiger partial charge in [-0.1, -0.05) is 5.16 Å². The molecule has 0 atom stereocenters. The third-order valence-corrected chi connectivity index (χ3v) is 2.39. The first-order valence-electron chi connectivity index (χ1n) is 5.56. The summed E-state index contributed by atoms with van der Waals surface area (Å²) in [7, 11) is 0. The Morgan fingerprint density at radius 2 is 2.28 bits per heavy atom. The van der Waals surface area contributed by atoms with Crippen LogP contribution in [0.25, 0.3) is 0 Å². The molecule has 6 heteroatoms. The van der Waals surface area contributed by atoms with Crippen molar-refractivity contribution in [3.8, 4) is 0 Å². The lowest BCUT2D eigenvalue weighted by atomic mass is 10.1. The normalized spacial score (nSPS) is 10.3. The zero-order chi connectivity index (χ0) is 13.0. The molecule has 0 fully saturated rings. The molecular weight excluding hydrogens is 232 g/mol. The minimum atomic E-state index is -0.162. The molecule has 1 heterocycles. The third-order valence-electron chi connectivity index (χ3n) is 2.39. The Labute approximate surface area is 104 Å². The second kappa shape index (κ2) is 5.31. The van der Waals surface area contributed by atoms with Crippen LogP contribution >= 0.6 is 0 Å². The van der Waals surface area contributed by atoms with Gasteiger partial charge in [-0.15, -0.1) is 0 Å². The Balaban J connectivity index is 1.91. The van der Waals surface area contributed by atoms with E-state index in [0.29, 0.717) is 30.1 Å². The van der Waals surface area contributed by atoms with E-state index in [0.717, 1.165) is 5.56 Å². The summed E-state index contributed by atoms with van der Waals surface area (Å²) in [6.07, 6.45) is 1.84. The van der Waals surface area contributed by atoms with Crippen LogP contribution < -0.4 is 11.1 Å². The second-order valence-corrected chi connectivity index (χ2v) is 3.97. The molecule has 1 aromatic heterocycles. The molecule has 0 aliphatic rings. The van der Waals surface area contributed by atoms with Crippen LogP contribution in [0.1, 0.15) is 21.8 Å². The molecular formula is C12H14N4O2. The Kier molecular flexibility index (Phi) is 3.57. The maximum absolute atomic E-state index is 11.8.